The van der Waals surface area contributed by atoms with E-state index in [0.29, 0.717) is 38.4 Å². The summed E-state index contributed by atoms with van der Waals surface area (Å²) in [6, 6.07) is 7.29. The summed E-state index contributed by atoms with van der Waals surface area (Å²) in [5.74, 6) is -0.222. The van der Waals surface area contributed by atoms with Gasteiger partial charge in [0.05, 0.1) is 13.2 Å². The number of amides is 2. The predicted octanol–water partition coefficient (Wildman–Crippen LogP) is 0.961. The highest BCUT2D eigenvalue weighted by molar-refractivity contribution is 5.94. The van der Waals surface area contributed by atoms with Crippen LogP contribution in [0.3, 0.4) is 0 Å². The van der Waals surface area contributed by atoms with Crippen molar-refractivity contribution in [3.63, 3.8) is 0 Å². The molecule has 2 amide bonds. The van der Waals surface area contributed by atoms with Crippen LogP contribution in [-0.4, -0.2) is 43.0 Å². The highest BCUT2D eigenvalue weighted by atomic mass is 16.5. The lowest BCUT2D eigenvalue weighted by Gasteiger charge is -2.27. The molecule has 1 aromatic carbocycles. The van der Waals surface area contributed by atoms with Crippen LogP contribution in [0.2, 0.25) is 0 Å². The first-order valence-corrected chi connectivity index (χ1v) is 6.57. The number of rotatable bonds is 4. The second kappa shape index (κ2) is 6.86. The first-order valence-electron chi connectivity index (χ1n) is 6.57. The molecule has 0 saturated carbocycles. The molecule has 5 nitrogen and oxygen atoms in total. The van der Waals surface area contributed by atoms with E-state index in [4.69, 9.17) is 4.74 Å². The molecular formula is C15H18N2O3. The van der Waals surface area contributed by atoms with Crippen molar-refractivity contribution in [1.82, 2.24) is 10.2 Å². The van der Waals surface area contributed by atoms with Crippen molar-refractivity contribution in [3.8, 4) is 0 Å². The van der Waals surface area contributed by atoms with Gasteiger partial charge in [-0.25, -0.2) is 0 Å². The Morgan fingerprint density at radius 1 is 1.35 bits per heavy atom. The van der Waals surface area contributed by atoms with E-state index in [1.807, 2.05) is 12.1 Å². The van der Waals surface area contributed by atoms with Gasteiger partial charge in [0.2, 0.25) is 5.91 Å². The quantitative estimate of drug-likeness (QED) is 0.832. The summed E-state index contributed by atoms with van der Waals surface area (Å²) in [5, 5.41) is 2.69. The molecule has 0 aromatic heterocycles. The lowest BCUT2D eigenvalue weighted by molar-refractivity contribution is -0.116. The molecule has 20 heavy (non-hydrogen) atoms. The van der Waals surface area contributed by atoms with Crippen LogP contribution in [0.5, 0.6) is 0 Å². The zero-order valence-corrected chi connectivity index (χ0v) is 11.3. The minimum Gasteiger partial charge on any atom is -0.378 e. The van der Waals surface area contributed by atoms with Crippen LogP contribution in [0.25, 0.3) is 0 Å². The van der Waals surface area contributed by atoms with Gasteiger partial charge in [-0.2, -0.15) is 0 Å². The number of hydrogen-bond donors (Lipinski definition) is 1. The molecule has 0 bridgehead atoms. The Bertz CT molecular complexity index is 508. The van der Waals surface area contributed by atoms with Gasteiger partial charge in [0.25, 0.3) is 5.91 Å². The topological polar surface area (TPSA) is 58.6 Å². The van der Waals surface area contributed by atoms with Gasteiger partial charge in [0.15, 0.2) is 0 Å². The van der Waals surface area contributed by atoms with Crippen molar-refractivity contribution in [2.75, 3.05) is 26.3 Å². The summed E-state index contributed by atoms with van der Waals surface area (Å²) in [4.78, 5) is 25.2. The molecule has 106 valence electrons. The fourth-order valence-electron chi connectivity index (χ4n) is 2.02. The van der Waals surface area contributed by atoms with Crippen molar-refractivity contribution in [1.29, 1.82) is 0 Å². The summed E-state index contributed by atoms with van der Waals surface area (Å²) >= 11 is 0. The number of nitrogens with one attached hydrogen (secondary N) is 1. The van der Waals surface area contributed by atoms with Crippen LogP contribution in [0, 0.1) is 0 Å². The summed E-state index contributed by atoms with van der Waals surface area (Å²) in [7, 11) is 0. The molecule has 1 heterocycles. The van der Waals surface area contributed by atoms with Gasteiger partial charge in [0.1, 0.15) is 0 Å². The van der Waals surface area contributed by atoms with Crippen molar-refractivity contribution < 1.29 is 14.3 Å². The maximum Gasteiger partial charge on any atom is 0.254 e. The third-order valence-corrected chi connectivity index (χ3v) is 3.12. The number of benzene rings is 1. The van der Waals surface area contributed by atoms with Crippen molar-refractivity contribution >= 4 is 11.8 Å². The smallest absolute Gasteiger partial charge is 0.254 e. The van der Waals surface area contributed by atoms with Gasteiger partial charge in [-0.05, 0) is 23.8 Å². The Labute approximate surface area is 118 Å². The maximum atomic E-state index is 12.3. The van der Waals surface area contributed by atoms with E-state index in [-0.39, 0.29) is 11.8 Å². The van der Waals surface area contributed by atoms with E-state index in [9.17, 15) is 9.59 Å². The minimum atomic E-state index is -0.227. The average Bonchev–Trinajstić information content (AvgIpc) is 2.53. The first-order chi connectivity index (χ1) is 9.70. The molecule has 1 saturated heterocycles. The molecule has 1 aromatic rings. The van der Waals surface area contributed by atoms with Crippen LogP contribution >= 0.6 is 0 Å². The Hall–Kier alpha value is -2.14. The number of carbonyl (C=O) groups excluding carboxylic acids is 2. The van der Waals surface area contributed by atoms with Crippen LogP contribution in [0.15, 0.2) is 36.9 Å². The van der Waals surface area contributed by atoms with Gasteiger partial charge in [-0.3, -0.25) is 9.59 Å². The van der Waals surface area contributed by atoms with Gasteiger partial charge < -0.3 is 15.0 Å². The zero-order valence-electron chi connectivity index (χ0n) is 11.3. The summed E-state index contributed by atoms with van der Waals surface area (Å²) in [6.45, 7) is 6.19. The van der Waals surface area contributed by atoms with Crippen LogP contribution in [0.1, 0.15) is 15.9 Å². The zero-order chi connectivity index (χ0) is 14.4. The highest BCUT2D eigenvalue weighted by Crippen LogP contribution is 2.10. The Kier molecular flexibility index (Phi) is 4.90. The Morgan fingerprint density at radius 2 is 2.10 bits per heavy atom. The predicted molar refractivity (Wildman–Crippen MR) is 75.2 cm³/mol. The molecule has 0 spiro atoms. The lowest BCUT2D eigenvalue weighted by atomic mass is 10.1. The van der Waals surface area contributed by atoms with Crippen molar-refractivity contribution in [3.05, 3.63) is 48.0 Å². The Morgan fingerprint density at radius 3 is 2.80 bits per heavy atom. The van der Waals surface area contributed by atoms with Crippen LogP contribution < -0.4 is 5.32 Å². The maximum absolute atomic E-state index is 12.3. The summed E-state index contributed by atoms with van der Waals surface area (Å²) < 4.78 is 5.24. The molecular weight excluding hydrogens is 256 g/mol. The van der Waals surface area contributed by atoms with Crippen molar-refractivity contribution in [2.24, 2.45) is 0 Å². The van der Waals surface area contributed by atoms with Gasteiger partial charge >= 0.3 is 0 Å². The molecule has 0 radical (unpaired) electrons. The number of carbonyl (C=O) groups is 2. The summed E-state index contributed by atoms with van der Waals surface area (Å²) in [5.41, 5.74) is 1.52. The van der Waals surface area contributed by atoms with E-state index in [1.165, 1.54) is 6.08 Å². The highest BCUT2D eigenvalue weighted by Gasteiger charge is 2.18. The van der Waals surface area contributed by atoms with E-state index in [2.05, 4.69) is 11.9 Å². The second-order valence-corrected chi connectivity index (χ2v) is 4.53. The number of morpholine rings is 1. The minimum absolute atomic E-state index is 0.00481. The van der Waals surface area contributed by atoms with Crippen LogP contribution in [-0.2, 0) is 16.1 Å². The number of hydrogen-bond acceptors (Lipinski definition) is 3. The fraction of sp³-hybridized carbons (Fsp3) is 0.333. The molecule has 1 fully saturated rings. The van der Waals surface area contributed by atoms with E-state index < -0.39 is 0 Å². The molecule has 2 rings (SSSR count). The van der Waals surface area contributed by atoms with E-state index in [0.717, 1.165) is 5.56 Å². The fourth-order valence-corrected chi connectivity index (χ4v) is 2.02. The molecule has 1 aliphatic rings. The van der Waals surface area contributed by atoms with Gasteiger partial charge in [0, 0.05) is 25.2 Å². The van der Waals surface area contributed by atoms with Crippen molar-refractivity contribution in [2.45, 2.75) is 6.54 Å². The number of nitrogens with zero attached hydrogens (tertiary/aromatic N) is 1. The van der Waals surface area contributed by atoms with E-state index >= 15 is 0 Å². The molecule has 1 aliphatic heterocycles. The molecule has 0 atom stereocenters. The summed E-state index contributed by atoms with van der Waals surface area (Å²) in [6.07, 6.45) is 1.22. The standard InChI is InChI=1S/C15H18N2O3/c1-2-14(18)16-11-12-4-3-5-13(10-12)15(19)17-6-8-20-9-7-17/h2-5,10H,1,6-9,11H2,(H,16,18). The SMILES string of the molecule is C=CC(=O)NCc1cccc(C(=O)N2CCOCC2)c1. The van der Waals surface area contributed by atoms with Crippen LogP contribution in [0.4, 0.5) is 0 Å². The first kappa shape index (κ1) is 14.3. The van der Waals surface area contributed by atoms with Gasteiger partial charge in [-0.1, -0.05) is 18.7 Å². The third-order valence-electron chi connectivity index (χ3n) is 3.12. The average molecular weight is 274 g/mol. The third kappa shape index (κ3) is 3.68. The van der Waals surface area contributed by atoms with Gasteiger partial charge in [-0.15, -0.1) is 0 Å². The molecule has 5 heteroatoms. The molecule has 1 N–H and O–H groups in total. The molecule has 0 unspecified atom stereocenters. The second-order valence-electron chi connectivity index (χ2n) is 4.53. The Balaban J connectivity index is 2.02. The lowest BCUT2D eigenvalue weighted by Crippen LogP contribution is -2.40. The molecule has 0 aliphatic carbocycles. The monoisotopic (exact) mass is 274 g/mol. The van der Waals surface area contributed by atoms with E-state index in [1.54, 1.807) is 17.0 Å². The number of ether oxygens (including phenoxy) is 1. The normalized spacial score (nSPS) is 14.7. The largest absolute Gasteiger partial charge is 0.378 e.